The van der Waals surface area contributed by atoms with Crippen LogP contribution in [0.5, 0.6) is 0 Å². The summed E-state index contributed by atoms with van der Waals surface area (Å²) in [7, 11) is 1.64. The van der Waals surface area contributed by atoms with E-state index < -0.39 is 10.8 Å². The Morgan fingerprint density at radius 2 is 2.33 bits per heavy atom. The summed E-state index contributed by atoms with van der Waals surface area (Å²) < 4.78 is 5.67. The lowest BCUT2D eigenvalue weighted by Gasteiger charge is -2.20. The Labute approximate surface area is 121 Å². The number of anilines is 1. The molecule has 3 heterocycles. The molecule has 2 bridgehead atoms. The number of hydrogen-bond donors (Lipinski definition) is 2. The second-order valence-corrected chi connectivity index (χ2v) is 5.28. The van der Waals surface area contributed by atoms with Crippen LogP contribution in [0.25, 0.3) is 0 Å². The smallest absolute Gasteiger partial charge is 0.300 e. The summed E-state index contributed by atoms with van der Waals surface area (Å²) in [4.78, 5) is 26.7. The van der Waals surface area contributed by atoms with Crippen molar-refractivity contribution in [3.63, 3.8) is 0 Å². The van der Waals surface area contributed by atoms with Crippen molar-refractivity contribution in [3.8, 4) is 0 Å². The van der Waals surface area contributed by atoms with Gasteiger partial charge in [-0.15, -0.1) is 0 Å². The quantitative estimate of drug-likeness (QED) is 0.635. The lowest BCUT2D eigenvalue weighted by atomic mass is 9.95. The zero-order valence-corrected chi connectivity index (χ0v) is 11.5. The molecule has 112 valence electrons. The number of fused-ring (bicyclic) bond motifs is 2. The summed E-state index contributed by atoms with van der Waals surface area (Å²) in [6.07, 6.45) is 4.06. The lowest BCUT2D eigenvalue weighted by molar-refractivity contribution is -0.385. The van der Waals surface area contributed by atoms with Crippen molar-refractivity contribution in [3.05, 3.63) is 27.9 Å². The number of amides is 1. The molecular formula is C13H16N4O4. The number of nitrogens with one attached hydrogen (secondary N) is 2. The number of pyridine rings is 1. The molecule has 0 saturated carbocycles. The molecule has 0 aromatic carbocycles. The average molecular weight is 292 g/mol. The molecule has 1 amide bonds. The number of carbonyl (C=O) groups excluding carboxylic acids is 1. The number of nitro groups is 1. The third-order valence-corrected chi connectivity index (χ3v) is 4.00. The molecule has 2 saturated heterocycles. The van der Waals surface area contributed by atoms with Gasteiger partial charge >= 0.3 is 0 Å². The molecule has 8 nitrogen and oxygen atoms in total. The van der Waals surface area contributed by atoms with Gasteiger partial charge in [-0.2, -0.15) is 0 Å². The van der Waals surface area contributed by atoms with Crippen molar-refractivity contribution >= 4 is 17.4 Å². The maximum atomic E-state index is 12.3. The minimum Gasteiger partial charge on any atom is -0.373 e. The monoisotopic (exact) mass is 292 g/mol. The molecule has 0 aliphatic carbocycles. The van der Waals surface area contributed by atoms with Crippen molar-refractivity contribution in [2.45, 2.75) is 37.5 Å². The van der Waals surface area contributed by atoms with E-state index >= 15 is 0 Å². The summed E-state index contributed by atoms with van der Waals surface area (Å²) in [5.74, 6) is -0.0447. The molecule has 1 aromatic rings. The van der Waals surface area contributed by atoms with E-state index in [1.807, 2.05) is 0 Å². The first-order chi connectivity index (χ1) is 10.1. The first-order valence-electron chi connectivity index (χ1n) is 6.87. The van der Waals surface area contributed by atoms with Gasteiger partial charge in [0.25, 0.3) is 11.6 Å². The lowest BCUT2D eigenvalue weighted by Crippen LogP contribution is -2.41. The van der Waals surface area contributed by atoms with E-state index in [-0.39, 0.29) is 29.5 Å². The molecule has 2 N–H and O–H groups in total. The Balaban J connectivity index is 1.81. The predicted molar refractivity (Wildman–Crippen MR) is 74.2 cm³/mol. The Morgan fingerprint density at radius 3 is 2.90 bits per heavy atom. The van der Waals surface area contributed by atoms with E-state index in [4.69, 9.17) is 4.74 Å². The third kappa shape index (κ3) is 2.54. The molecule has 2 aliphatic heterocycles. The summed E-state index contributed by atoms with van der Waals surface area (Å²) in [6, 6.07) is 1.32. The Bertz CT molecular complexity index is 592. The van der Waals surface area contributed by atoms with Crippen molar-refractivity contribution in [1.29, 1.82) is 0 Å². The van der Waals surface area contributed by atoms with E-state index in [1.165, 1.54) is 6.07 Å². The zero-order valence-electron chi connectivity index (χ0n) is 11.5. The average Bonchev–Trinajstić information content (AvgIpc) is 3.09. The van der Waals surface area contributed by atoms with E-state index in [9.17, 15) is 14.9 Å². The number of nitrogens with zero attached hydrogens (tertiary/aromatic N) is 2. The molecule has 2 fully saturated rings. The molecule has 8 heteroatoms. The van der Waals surface area contributed by atoms with Gasteiger partial charge in [-0.1, -0.05) is 0 Å². The highest BCUT2D eigenvalue weighted by atomic mass is 16.6. The molecule has 3 unspecified atom stereocenters. The fourth-order valence-electron chi connectivity index (χ4n) is 2.95. The van der Waals surface area contributed by atoms with Gasteiger partial charge in [-0.05, 0) is 19.3 Å². The van der Waals surface area contributed by atoms with Gasteiger partial charge in [0.15, 0.2) is 0 Å². The molecule has 2 aliphatic rings. The van der Waals surface area contributed by atoms with Crippen LogP contribution in [0.2, 0.25) is 0 Å². The normalized spacial score (nSPS) is 26.6. The third-order valence-electron chi connectivity index (χ3n) is 4.00. The van der Waals surface area contributed by atoms with Gasteiger partial charge < -0.3 is 15.4 Å². The highest BCUT2D eigenvalue weighted by molar-refractivity contribution is 5.98. The van der Waals surface area contributed by atoms with Crippen LogP contribution in [0, 0.1) is 10.1 Å². The maximum absolute atomic E-state index is 12.3. The van der Waals surface area contributed by atoms with E-state index in [0.29, 0.717) is 5.82 Å². The van der Waals surface area contributed by atoms with Gasteiger partial charge in [0.05, 0.1) is 23.2 Å². The fraction of sp³-hybridized carbons (Fsp3) is 0.538. The van der Waals surface area contributed by atoms with Crippen LogP contribution < -0.4 is 10.6 Å². The first kappa shape index (κ1) is 13.7. The summed E-state index contributed by atoms with van der Waals surface area (Å²) in [5.41, 5.74) is -0.280. The number of ether oxygens (including phenoxy) is 1. The van der Waals surface area contributed by atoms with Gasteiger partial charge in [-0.25, -0.2) is 4.98 Å². The van der Waals surface area contributed by atoms with Crippen LogP contribution in [0.15, 0.2) is 12.3 Å². The second kappa shape index (κ2) is 5.28. The van der Waals surface area contributed by atoms with Crippen molar-refractivity contribution < 1.29 is 14.5 Å². The van der Waals surface area contributed by atoms with Gasteiger partial charge in [-0.3, -0.25) is 14.9 Å². The van der Waals surface area contributed by atoms with Crippen LogP contribution >= 0.6 is 0 Å². The Kier molecular flexibility index (Phi) is 3.46. The molecule has 0 spiro atoms. The van der Waals surface area contributed by atoms with Crippen LogP contribution in [0.4, 0.5) is 11.5 Å². The minimum absolute atomic E-state index is 0.0159. The fourth-order valence-corrected chi connectivity index (χ4v) is 2.95. The summed E-state index contributed by atoms with van der Waals surface area (Å²) in [6.45, 7) is 0. The number of carbonyl (C=O) groups is 1. The molecular weight excluding hydrogens is 276 g/mol. The molecule has 1 aromatic heterocycles. The largest absolute Gasteiger partial charge is 0.373 e. The van der Waals surface area contributed by atoms with E-state index in [2.05, 4.69) is 15.6 Å². The van der Waals surface area contributed by atoms with Gasteiger partial charge in [0, 0.05) is 13.1 Å². The topological polar surface area (TPSA) is 106 Å². The standard InChI is InChI=1S/C13H16N4O4/c1-14-12-5-8(10(6-15-12)17(19)20)13(18)16-9-4-7-2-3-11(9)21-7/h5-7,9,11H,2-4H2,1H3,(H,14,15)(H,16,18). The van der Waals surface area contributed by atoms with Crippen molar-refractivity contribution in [2.24, 2.45) is 0 Å². The number of hydrogen-bond acceptors (Lipinski definition) is 6. The SMILES string of the molecule is CNc1cc(C(=O)NC2CC3CCC2O3)c([N+](=O)[O-])cn1. The van der Waals surface area contributed by atoms with Crippen molar-refractivity contribution in [2.75, 3.05) is 12.4 Å². The highest BCUT2D eigenvalue weighted by Crippen LogP contribution is 2.34. The Morgan fingerprint density at radius 1 is 1.52 bits per heavy atom. The molecule has 3 rings (SSSR count). The van der Waals surface area contributed by atoms with E-state index in [0.717, 1.165) is 25.5 Å². The van der Waals surface area contributed by atoms with Gasteiger partial charge in [0.1, 0.15) is 17.6 Å². The predicted octanol–water partition coefficient (Wildman–Crippen LogP) is 1.08. The van der Waals surface area contributed by atoms with Crippen LogP contribution in [0.1, 0.15) is 29.6 Å². The molecule has 0 radical (unpaired) electrons. The number of aromatic nitrogens is 1. The molecule has 3 atom stereocenters. The van der Waals surface area contributed by atoms with Crippen LogP contribution in [0.3, 0.4) is 0 Å². The van der Waals surface area contributed by atoms with Crippen molar-refractivity contribution in [1.82, 2.24) is 10.3 Å². The number of rotatable bonds is 4. The zero-order chi connectivity index (χ0) is 15.0. The highest BCUT2D eigenvalue weighted by Gasteiger charge is 2.41. The summed E-state index contributed by atoms with van der Waals surface area (Å²) >= 11 is 0. The Hall–Kier alpha value is -2.22. The van der Waals surface area contributed by atoms with Crippen LogP contribution in [-0.4, -0.2) is 41.1 Å². The van der Waals surface area contributed by atoms with Gasteiger partial charge in [0.2, 0.25) is 0 Å². The second-order valence-electron chi connectivity index (χ2n) is 5.28. The first-order valence-corrected chi connectivity index (χ1v) is 6.87. The summed E-state index contributed by atoms with van der Waals surface area (Å²) in [5, 5.41) is 16.7. The van der Waals surface area contributed by atoms with E-state index in [1.54, 1.807) is 7.05 Å². The molecule has 21 heavy (non-hydrogen) atoms. The van der Waals surface area contributed by atoms with Crippen LogP contribution in [-0.2, 0) is 4.74 Å². The minimum atomic E-state index is -0.599. The maximum Gasteiger partial charge on any atom is 0.300 e.